The predicted molar refractivity (Wildman–Crippen MR) is 128 cm³/mol. The van der Waals surface area contributed by atoms with Crippen LogP contribution in [-0.2, 0) is 15.6 Å². The highest BCUT2D eigenvalue weighted by Crippen LogP contribution is 2.36. The van der Waals surface area contributed by atoms with Crippen molar-refractivity contribution in [1.29, 1.82) is 0 Å². The van der Waals surface area contributed by atoms with E-state index in [4.69, 9.17) is 0 Å². The minimum Gasteiger partial charge on any atom is -0.371 e. The number of hydrogen-bond donors (Lipinski definition) is 2. The summed E-state index contributed by atoms with van der Waals surface area (Å²) in [6.45, 7) is 3.98. The Bertz CT molecular complexity index is 1160. The summed E-state index contributed by atoms with van der Waals surface area (Å²) < 4.78 is 29.4. The number of benzene rings is 3. The van der Waals surface area contributed by atoms with Crippen LogP contribution in [-0.4, -0.2) is 13.5 Å². The van der Waals surface area contributed by atoms with Crippen molar-refractivity contribution in [1.82, 2.24) is 4.72 Å². The van der Waals surface area contributed by atoms with E-state index < -0.39 is 21.7 Å². The summed E-state index contributed by atoms with van der Waals surface area (Å²) in [6.07, 6.45) is 2.52. The zero-order chi connectivity index (χ0) is 23.0. The largest absolute Gasteiger partial charge is 0.371 e. The average Bonchev–Trinajstić information content (AvgIpc) is 2.81. The number of aliphatic hydroxyl groups is 1. The molecule has 3 rings (SSSR count). The molecule has 0 aromatic heterocycles. The first-order valence-corrected chi connectivity index (χ1v) is 12.3. The molecule has 2 N–H and O–H groups in total. The van der Waals surface area contributed by atoms with E-state index in [1.807, 2.05) is 43.3 Å². The molecule has 32 heavy (non-hydrogen) atoms. The molecule has 0 radical (unpaired) electrons. The summed E-state index contributed by atoms with van der Waals surface area (Å²) in [7, 11) is -3.93. The van der Waals surface area contributed by atoms with Crippen LogP contribution in [0.1, 0.15) is 48.9 Å². The summed E-state index contributed by atoms with van der Waals surface area (Å²) >= 11 is 0. The molecule has 1 unspecified atom stereocenters. The number of nitrogens with one attached hydrogen (secondary N) is 1. The second-order valence-corrected chi connectivity index (χ2v) is 9.53. The molecule has 0 amide bonds. The monoisotopic (exact) mass is 447 g/mol. The Labute approximate surface area is 191 Å². The SMILES string of the molecule is CCCCC#C[C@@](O)(c1ccccc1)C(NS(=O)(=O)c1ccc(C)cc1)c1ccccc1. The first kappa shape index (κ1) is 23.7. The Balaban J connectivity index is 2.13. The Morgan fingerprint density at radius 3 is 2.12 bits per heavy atom. The quantitative estimate of drug-likeness (QED) is 0.373. The van der Waals surface area contributed by atoms with E-state index in [9.17, 15) is 13.5 Å². The van der Waals surface area contributed by atoms with Crippen LogP contribution in [0.4, 0.5) is 0 Å². The molecule has 2 atom stereocenters. The second-order valence-electron chi connectivity index (χ2n) is 7.82. The van der Waals surface area contributed by atoms with Gasteiger partial charge in [0, 0.05) is 6.42 Å². The van der Waals surface area contributed by atoms with Gasteiger partial charge in [0.15, 0.2) is 5.60 Å². The van der Waals surface area contributed by atoms with Crippen molar-refractivity contribution in [3.05, 3.63) is 102 Å². The van der Waals surface area contributed by atoms with Crippen LogP contribution in [0.5, 0.6) is 0 Å². The lowest BCUT2D eigenvalue weighted by Gasteiger charge is -2.33. The number of unbranched alkanes of at least 4 members (excludes halogenated alkanes) is 2. The van der Waals surface area contributed by atoms with E-state index in [0.29, 0.717) is 17.5 Å². The van der Waals surface area contributed by atoms with E-state index in [2.05, 4.69) is 23.5 Å². The predicted octanol–water partition coefficient (Wildman–Crippen LogP) is 5.10. The van der Waals surface area contributed by atoms with Gasteiger partial charge in [-0.2, -0.15) is 4.72 Å². The molecular weight excluding hydrogens is 418 g/mol. The Kier molecular flexibility index (Phi) is 7.87. The van der Waals surface area contributed by atoms with Gasteiger partial charge in [0.1, 0.15) is 0 Å². The van der Waals surface area contributed by atoms with E-state index in [1.54, 1.807) is 48.5 Å². The molecule has 3 aromatic rings. The van der Waals surface area contributed by atoms with Gasteiger partial charge in [-0.3, -0.25) is 0 Å². The van der Waals surface area contributed by atoms with Gasteiger partial charge in [-0.1, -0.05) is 104 Å². The summed E-state index contributed by atoms with van der Waals surface area (Å²) in [6, 6.07) is 23.7. The van der Waals surface area contributed by atoms with Crippen molar-refractivity contribution in [3.63, 3.8) is 0 Å². The number of aryl methyl sites for hydroxylation is 1. The minimum absolute atomic E-state index is 0.137. The summed E-state index contributed by atoms with van der Waals surface area (Å²) in [5, 5.41) is 11.9. The highest BCUT2D eigenvalue weighted by atomic mass is 32.2. The first-order chi connectivity index (χ1) is 15.4. The lowest BCUT2D eigenvalue weighted by molar-refractivity contribution is 0.0634. The lowest BCUT2D eigenvalue weighted by Crippen LogP contribution is -2.43. The van der Waals surface area contributed by atoms with Crippen molar-refractivity contribution in [2.45, 2.75) is 49.6 Å². The van der Waals surface area contributed by atoms with Crippen LogP contribution in [0.25, 0.3) is 0 Å². The molecule has 5 heteroatoms. The standard InChI is InChI=1S/C27H29NO3S/c1-3-4-5-12-21-27(29,24-15-10-7-11-16-24)26(23-13-8-6-9-14-23)28-32(30,31)25-19-17-22(2)18-20-25/h6-11,13-20,26,28-29H,3-5H2,1-2H3/t26?,27-/m1/s1. The Hall–Kier alpha value is -2.91. The van der Waals surface area contributed by atoms with Gasteiger partial charge in [0.25, 0.3) is 0 Å². The van der Waals surface area contributed by atoms with Crippen LogP contribution in [0.3, 0.4) is 0 Å². The van der Waals surface area contributed by atoms with Gasteiger partial charge < -0.3 is 5.11 Å². The van der Waals surface area contributed by atoms with Crippen LogP contribution in [0.15, 0.2) is 89.8 Å². The molecule has 0 saturated heterocycles. The van der Waals surface area contributed by atoms with Gasteiger partial charge in [-0.25, -0.2) is 8.42 Å². The molecule has 166 valence electrons. The van der Waals surface area contributed by atoms with Crippen LogP contribution in [0, 0.1) is 18.8 Å². The summed E-state index contributed by atoms with van der Waals surface area (Å²) in [4.78, 5) is 0.137. The third-order valence-electron chi connectivity index (χ3n) is 5.30. The van der Waals surface area contributed by atoms with Gasteiger partial charge >= 0.3 is 0 Å². The summed E-state index contributed by atoms with van der Waals surface area (Å²) in [5.74, 6) is 6.08. The average molecular weight is 448 g/mol. The molecule has 0 bridgehead atoms. The Morgan fingerprint density at radius 1 is 0.938 bits per heavy atom. The molecule has 4 nitrogen and oxygen atoms in total. The molecular formula is C27H29NO3S. The zero-order valence-electron chi connectivity index (χ0n) is 18.5. The van der Waals surface area contributed by atoms with E-state index in [-0.39, 0.29) is 4.90 Å². The van der Waals surface area contributed by atoms with Gasteiger partial charge in [-0.05, 0) is 36.6 Å². The fourth-order valence-corrected chi connectivity index (χ4v) is 4.69. The van der Waals surface area contributed by atoms with Gasteiger partial charge in [-0.15, -0.1) is 0 Å². The topological polar surface area (TPSA) is 66.4 Å². The molecule has 0 aliphatic rings. The molecule has 0 aliphatic heterocycles. The molecule has 0 aliphatic carbocycles. The fourth-order valence-electron chi connectivity index (χ4n) is 3.45. The second kappa shape index (κ2) is 10.6. The summed E-state index contributed by atoms with van der Waals surface area (Å²) in [5.41, 5.74) is 0.364. The number of rotatable bonds is 8. The highest BCUT2D eigenvalue weighted by molar-refractivity contribution is 7.89. The van der Waals surface area contributed by atoms with E-state index >= 15 is 0 Å². The Morgan fingerprint density at radius 2 is 1.53 bits per heavy atom. The van der Waals surface area contributed by atoms with E-state index in [1.165, 1.54) is 0 Å². The van der Waals surface area contributed by atoms with Crippen molar-refractivity contribution in [2.24, 2.45) is 0 Å². The van der Waals surface area contributed by atoms with Crippen LogP contribution < -0.4 is 4.72 Å². The van der Waals surface area contributed by atoms with Crippen molar-refractivity contribution in [2.75, 3.05) is 0 Å². The minimum atomic E-state index is -3.93. The molecule has 0 spiro atoms. The van der Waals surface area contributed by atoms with Gasteiger partial charge in [0.2, 0.25) is 10.0 Å². The normalized spacial score (nSPS) is 14.1. The maximum absolute atomic E-state index is 13.3. The van der Waals surface area contributed by atoms with Crippen molar-refractivity contribution in [3.8, 4) is 11.8 Å². The number of hydrogen-bond acceptors (Lipinski definition) is 3. The van der Waals surface area contributed by atoms with Crippen molar-refractivity contribution >= 4 is 10.0 Å². The molecule has 0 heterocycles. The first-order valence-electron chi connectivity index (χ1n) is 10.8. The smallest absolute Gasteiger partial charge is 0.241 e. The van der Waals surface area contributed by atoms with Crippen LogP contribution in [0.2, 0.25) is 0 Å². The molecule has 0 fully saturated rings. The third kappa shape index (κ3) is 5.66. The number of sulfonamides is 1. The highest BCUT2D eigenvalue weighted by Gasteiger charge is 2.41. The lowest BCUT2D eigenvalue weighted by atomic mass is 9.83. The third-order valence-corrected chi connectivity index (χ3v) is 6.74. The maximum atomic E-state index is 13.3. The van der Waals surface area contributed by atoms with Gasteiger partial charge in [0.05, 0.1) is 10.9 Å². The fraction of sp³-hybridized carbons (Fsp3) is 0.259. The van der Waals surface area contributed by atoms with Crippen LogP contribution >= 0.6 is 0 Å². The van der Waals surface area contributed by atoms with E-state index in [0.717, 1.165) is 18.4 Å². The molecule has 0 saturated carbocycles. The van der Waals surface area contributed by atoms with Crippen molar-refractivity contribution < 1.29 is 13.5 Å². The zero-order valence-corrected chi connectivity index (χ0v) is 19.3. The molecule has 3 aromatic carbocycles. The maximum Gasteiger partial charge on any atom is 0.241 e.